The summed E-state index contributed by atoms with van der Waals surface area (Å²) in [5, 5.41) is 2.92. The fraction of sp³-hybridized carbons (Fsp3) is 0.231. The van der Waals surface area contributed by atoms with Crippen LogP contribution in [0.1, 0.15) is 10.4 Å². The monoisotopic (exact) mass is 443 g/mol. The third-order valence-corrected chi connectivity index (χ3v) is 6.07. The molecule has 0 bridgehead atoms. The number of hydrogen-bond acceptors (Lipinski definition) is 4. The number of benzene rings is 3. The smallest absolute Gasteiger partial charge is 0.251 e. The Hall–Kier alpha value is -3.71. The first-order valence-electron chi connectivity index (χ1n) is 11.2. The van der Waals surface area contributed by atoms with Gasteiger partial charge < -0.3 is 15.2 Å². The largest absolute Gasteiger partial charge is 0.367 e. The lowest BCUT2D eigenvalue weighted by Gasteiger charge is -2.36. The maximum absolute atomic E-state index is 13.0. The number of anilines is 1. The van der Waals surface area contributed by atoms with Crippen molar-refractivity contribution in [2.24, 2.45) is 0 Å². The van der Waals surface area contributed by atoms with Gasteiger partial charge in [0.1, 0.15) is 17.2 Å². The first kappa shape index (κ1) is 21.2. The molecule has 2 heterocycles. The molecule has 7 heteroatoms. The van der Waals surface area contributed by atoms with Crippen LogP contribution in [-0.4, -0.2) is 60.0 Å². The van der Waals surface area contributed by atoms with Gasteiger partial charge in [0.15, 0.2) is 0 Å². The molecule has 3 aromatic carbocycles. The van der Waals surface area contributed by atoms with E-state index in [4.69, 9.17) is 4.98 Å². The Morgan fingerprint density at radius 1 is 0.939 bits per heavy atom. The molecular formula is C26H26FN5O. The van der Waals surface area contributed by atoms with Crippen molar-refractivity contribution in [3.63, 3.8) is 0 Å². The number of nitrogens with one attached hydrogen (secondary N) is 2. The number of aromatic nitrogens is 2. The van der Waals surface area contributed by atoms with Crippen LogP contribution in [0.3, 0.4) is 0 Å². The standard InChI is InChI=1S/C26H26FN5O/c27-21-11-9-20(10-12-21)26(33)28-13-14-31-15-17-32(18-16-31)23-8-4-7-22-24(23)30-25(29-22)19-5-2-1-3-6-19/h1-12H,13-18H2,(H,28,33)(H,29,30). The molecule has 1 aliphatic heterocycles. The molecule has 0 radical (unpaired) electrons. The number of carbonyl (C=O) groups excluding carboxylic acids is 1. The molecule has 4 aromatic rings. The molecular weight excluding hydrogens is 417 g/mol. The zero-order valence-corrected chi connectivity index (χ0v) is 18.3. The van der Waals surface area contributed by atoms with Crippen LogP contribution in [0, 0.1) is 5.82 Å². The van der Waals surface area contributed by atoms with Gasteiger partial charge in [-0.15, -0.1) is 0 Å². The van der Waals surface area contributed by atoms with Crippen LogP contribution in [0.5, 0.6) is 0 Å². The van der Waals surface area contributed by atoms with E-state index in [2.05, 4.69) is 50.4 Å². The van der Waals surface area contributed by atoms with Crippen LogP contribution in [-0.2, 0) is 0 Å². The number of amides is 1. The quantitative estimate of drug-likeness (QED) is 0.474. The van der Waals surface area contributed by atoms with Gasteiger partial charge in [0.25, 0.3) is 5.91 Å². The number of nitrogens with zero attached hydrogens (tertiary/aromatic N) is 3. The zero-order chi connectivity index (χ0) is 22.6. The van der Waals surface area contributed by atoms with Gasteiger partial charge in [-0.05, 0) is 36.4 Å². The molecule has 1 fully saturated rings. The molecule has 0 aliphatic carbocycles. The lowest BCUT2D eigenvalue weighted by molar-refractivity contribution is 0.0947. The second-order valence-corrected chi connectivity index (χ2v) is 8.22. The topological polar surface area (TPSA) is 64.3 Å². The van der Waals surface area contributed by atoms with Crippen molar-refractivity contribution in [3.8, 4) is 11.4 Å². The minimum Gasteiger partial charge on any atom is -0.367 e. The summed E-state index contributed by atoms with van der Waals surface area (Å²) in [6, 6.07) is 22.0. The van der Waals surface area contributed by atoms with Crippen molar-refractivity contribution in [1.82, 2.24) is 20.2 Å². The Morgan fingerprint density at radius 3 is 2.45 bits per heavy atom. The molecule has 1 aliphatic rings. The van der Waals surface area contributed by atoms with E-state index in [0.29, 0.717) is 12.1 Å². The minimum atomic E-state index is -0.341. The summed E-state index contributed by atoms with van der Waals surface area (Å²) in [5.74, 6) is 0.368. The Labute approximate surface area is 192 Å². The highest BCUT2D eigenvalue weighted by Gasteiger charge is 2.20. The molecule has 0 unspecified atom stereocenters. The third kappa shape index (κ3) is 4.73. The van der Waals surface area contributed by atoms with Gasteiger partial charge in [-0.1, -0.05) is 36.4 Å². The number of rotatable bonds is 6. The van der Waals surface area contributed by atoms with Crippen LogP contribution >= 0.6 is 0 Å². The molecule has 0 spiro atoms. The van der Waals surface area contributed by atoms with E-state index >= 15 is 0 Å². The van der Waals surface area contributed by atoms with Crippen molar-refractivity contribution in [2.45, 2.75) is 0 Å². The predicted molar refractivity (Wildman–Crippen MR) is 129 cm³/mol. The predicted octanol–water partition coefficient (Wildman–Crippen LogP) is 3.92. The van der Waals surface area contributed by atoms with E-state index in [1.165, 1.54) is 24.3 Å². The van der Waals surface area contributed by atoms with Crippen molar-refractivity contribution >= 4 is 22.6 Å². The first-order chi connectivity index (χ1) is 16.2. The average molecular weight is 444 g/mol. The molecule has 2 N–H and O–H groups in total. The number of fused-ring (bicyclic) bond motifs is 1. The summed E-state index contributed by atoms with van der Waals surface area (Å²) >= 11 is 0. The Kier molecular flexibility index (Phi) is 6.04. The van der Waals surface area contributed by atoms with Crippen LogP contribution < -0.4 is 10.2 Å². The van der Waals surface area contributed by atoms with Gasteiger partial charge >= 0.3 is 0 Å². The summed E-state index contributed by atoms with van der Waals surface area (Å²) in [4.78, 5) is 25.3. The van der Waals surface area contributed by atoms with Crippen molar-refractivity contribution in [3.05, 3.63) is 84.2 Å². The van der Waals surface area contributed by atoms with Gasteiger partial charge in [0.2, 0.25) is 0 Å². The maximum atomic E-state index is 13.0. The number of aromatic amines is 1. The Bertz CT molecular complexity index is 1230. The fourth-order valence-electron chi connectivity index (χ4n) is 4.25. The van der Waals surface area contributed by atoms with Gasteiger partial charge in [0.05, 0.1) is 11.2 Å². The van der Waals surface area contributed by atoms with Gasteiger partial charge in [-0.25, -0.2) is 9.37 Å². The molecule has 1 aromatic heterocycles. The number of imidazole rings is 1. The summed E-state index contributed by atoms with van der Waals surface area (Å²) < 4.78 is 13.0. The first-order valence-corrected chi connectivity index (χ1v) is 11.2. The molecule has 1 amide bonds. The Balaban J connectivity index is 1.18. The van der Waals surface area contributed by atoms with E-state index in [0.717, 1.165) is 60.8 Å². The number of carbonyl (C=O) groups is 1. The van der Waals surface area contributed by atoms with Crippen LogP contribution in [0.25, 0.3) is 22.4 Å². The van der Waals surface area contributed by atoms with Crippen LogP contribution in [0.2, 0.25) is 0 Å². The molecule has 0 saturated carbocycles. The number of halogens is 1. The fourth-order valence-corrected chi connectivity index (χ4v) is 4.25. The van der Waals surface area contributed by atoms with Gasteiger partial charge in [0, 0.05) is 50.4 Å². The van der Waals surface area contributed by atoms with Crippen molar-refractivity contribution in [1.29, 1.82) is 0 Å². The second kappa shape index (κ2) is 9.42. The molecule has 6 nitrogen and oxygen atoms in total. The molecule has 33 heavy (non-hydrogen) atoms. The molecule has 0 atom stereocenters. The normalized spacial score (nSPS) is 14.5. The number of piperazine rings is 1. The SMILES string of the molecule is O=C(NCCN1CCN(c2cccc3[nH]c(-c4ccccc4)nc23)CC1)c1ccc(F)cc1. The minimum absolute atomic E-state index is 0.173. The van der Waals surface area contributed by atoms with Crippen LogP contribution in [0.4, 0.5) is 10.1 Å². The summed E-state index contributed by atoms with van der Waals surface area (Å²) in [7, 11) is 0. The second-order valence-electron chi connectivity index (χ2n) is 8.22. The van der Waals surface area contributed by atoms with Crippen LogP contribution in [0.15, 0.2) is 72.8 Å². The summed E-state index contributed by atoms with van der Waals surface area (Å²) in [5.41, 5.74) is 4.74. The highest BCUT2D eigenvalue weighted by Crippen LogP contribution is 2.29. The van der Waals surface area contributed by atoms with Gasteiger partial charge in [-0.3, -0.25) is 9.69 Å². The molecule has 5 rings (SSSR count). The highest BCUT2D eigenvalue weighted by atomic mass is 19.1. The maximum Gasteiger partial charge on any atom is 0.251 e. The van der Waals surface area contributed by atoms with E-state index in [1.54, 1.807) is 0 Å². The zero-order valence-electron chi connectivity index (χ0n) is 18.3. The van der Waals surface area contributed by atoms with E-state index < -0.39 is 0 Å². The number of H-pyrrole nitrogens is 1. The van der Waals surface area contributed by atoms with E-state index in [1.807, 2.05) is 18.2 Å². The number of hydrogen-bond donors (Lipinski definition) is 2. The van der Waals surface area contributed by atoms with Crippen molar-refractivity contribution < 1.29 is 9.18 Å². The van der Waals surface area contributed by atoms with Gasteiger partial charge in [-0.2, -0.15) is 0 Å². The number of para-hydroxylation sites is 1. The van der Waals surface area contributed by atoms with E-state index in [-0.39, 0.29) is 11.7 Å². The summed E-state index contributed by atoms with van der Waals surface area (Å²) in [6.07, 6.45) is 0. The average Bonchev–Trinajstić information content (AvgIpc) is 3.30. The lowest BCUT2D eigenvalue weighted by atomic mass is 10.2. The third-order valence-electron chi connectivity index (χ3n) is 6.07. The van der Waals surface area contributed by atoms with E-state index in [9.17, 15) is 9.18 Å². The summed E-state index contributed by atoms with van der Waals surface area (Å²) in [6.45, 7) is 4.98. The molecule has 1 saturated heterocycles. The Morgan fingerprint density at radius 2 is 1.70 bits per heavy atom. The van der Waals surface area contributed by atoms with Crippen molar-refractivity contribution in [2.75, 3.05) is 44.2 Å². The molecule has 168 valence electrons. The highest BCUT2D eigenvalue weighted by molar-refractivity contribution is 5.94. The lowest BCUT2D eigenvalue weighted by Crippen LogP contribution is -2.48.